The second-order valence-corrected chi connectivity index (χ2v) is 6.65. The fraction of sp³-hybridized carbons (Fsp3) is 0.250. The first-order valence-electron chi connectivity index (χ1n) is 8.60. The van der Waals surface area contributed by atoms with Crippen LogP contribution >= 0.6 is 0 Å². The Morgan fingerprint density at radius 2 is 1.74 bits per heavy atom. The minimum absolute atomic E-state index is 0.0351. The molecule has 0 aliphatic heterocycles. The van der Waals surface area contributed by atoms with Crippen LogP contribution in [0.15, 0.2) is 48.5 Å². The summed E-state index contributed by atoms with van der Waals surface area (Å²) in [5.74, 6) is -1.01. The van der Waals surface area contributed by atoms with E-state index in [-0.39, 0.29) is 17.9 Å². The van der Waals surface area contributed by atoms with Crippen molar-refractivity contribution in [3.05, 3.63) is 54.1 Å². The molecule has 4 N–H and O–H groups in total. The van der Waals surface area contributed by atoms with Gasteiger partial charge >= 0.3 is 5.97 Å². The van der Waals surface area contributed by atoms with Gasteiger partial charge in [-0.1, -0.05) is 18.6 Å². The molecule has 27 heavy (non-hydrogen) atoms. The topological polar surface area (TPSA) is 119 Å². The van der Waals surface area contributed by atoms with E-state index in [0.717, 1.165) is 6.42 Å². The van der Waals surface area contributed by atoms with Crippen molar-refractivity contribution in [2.24, 2.45) is 11.1 Å². The van der Waals surface area contributed by atoms with Crippen LogP contribution in [0.2, 0.25) is 0 Å². The molecule has 1 aliphatic rings. The van der Waals surface area contributed by atoms with Crippen molar-refractivity contribution in [3.63, 3.8) is 0 Å². The predicted molar refractivity (Wildman–Crippen MR) is 98.6 cm³/mol. The summed E-state index contributed by atoms with van der Waals surface area (Å²) >= 11 is 0. The van der Waals surface area contributed by atoms with Gasteiger partial charge in [-0.3, -0.25) is 14.4 Å². The van der Waals surface area contributed by atoms with E-state index < -0.39 is 17.3 Å². The Kier molecular flexibility index (Phi) is 5.12. The molecule has 140 valence electrons. The Morgan fingerprint density at radius 1 is 1.07 bits per heavy atom. The quantitative estimate of drug-likeness (QED) is 0.693. The highest BCUT2D eigenvalue weighted by Gasteiger charge is 2.45. The van der Waals surface area contributed by atoms with E-state index in [9.17, 15) is 19.5 Å². The number of ether oxygens (including phenoxy) is 1. The largest absolute Gasteiger partial charge is 0.481 e. The summed E-state index contributed by atoms with van der Waals surface area (Å²) in [5, 5.41) is 12.0. The monoisotopic (exact) mass is 368 g/mol. The van der Waals surface area contributed by atoms with Gasteiger partial charge in [-0.05, 0) is 49.2 Å². The van der Waals surface area contributed by atoms with Crippen molar-refractivity contribution >= 4 is 23.5 Å². The number of benzene rings is 2. The van der Waals surface area contributed by atoms with Crippen LogP contribution in [0.3, 0.4) is 0 Å². The molecule has 0 atom stereocenters. The molecule has 7 heteroatoms. The van der Waals surface area contributed by atoms with Crippen molar-refractivity contribution in [1.82, 2.24) is 0 Å². The number of nitrogens with one attached hydrogen (secondary N) is 1. The molecule has 0 unspecified atom stereocenters. The number of carbonyl (C=O) groups is 3. The van der Waals surface area contributed by atoms with Crippen molar-refractivity contribution in [1.29, 1.82) is 0 Å². The van der Waals surface area contributed by atoms with E-state index in [1.165, 1.54) is 0 Å². The van der Waals surface area contributed by atoms with Crippen molar-refractivity contribution < 1.29 is 24.2 Å². The molecular weight excluding hydrogens is 348 g/mol. The Morgan fingerprint density at radius 3 is 2.30 bits per heavy atom. The number of carboxylic acids is 1. The Labute approximate surface area is 156 Å². The highest BCUT2D eigenvalue weighted by atomic mass is 16.5. The van der Waals surface area contributed by atoms with E-state index >= 15 is 0 Å². The van der Waals surface area contributed by atoms with Crippen molar-refractivity contribution in [2.75, 3.05) is 5.32 Å². The average Bonchev–Trinajstić information content (AvgIpc) is 2.60. The van der Waals surface area contributed by atoms with E-state index in [1.54, 1.807) is 48.5 Å². The summed E-state index contributed by atoms with van der Waals surface area (Å²) in [6, 6.07) is 13.2. The molecule has 0 radical (unpaired) electrons. The van der Waals surface area contributed by atoms with Gasteiger partial charge in [0.05, 0.1) is 11.0 Å². The lowest BCUT2D eigenvalue weighted by Gasteiger charge is -2.36. The molecule has 0 spiro atoms. The number of carboxylic acid groups (broad SMARTS) is 1. The summed E-state index contributed by atoms with van der Waals surface area (Å²) in [4.78, 5) is 35.0. The van der Waals surface area contributed by atoms with Crippen LogP contribution < -0.4 is 15.8 Å². The van der Waals surface area contributed by atoms with Gasteiger partial charge < -0.3 is 20.9 Å². The molecule has 1 saturated carbocycles. The third-order valence-corrected chi connectivity index (χ3v) is 4.78. The maximum absolute atomic E-state index is 12.2. The SMILES string of the molecule is NC(=O)c1ccccc1Oc1ccc(NC(=O)CC2(C(=O)O)CCC2)cc1. The summed E-state index contributed by atoms with van der Waals surface area (Å²) < 4.78 is 5.68. The Hall–Kier alpha value is -3.35. The van der Waals surface area contributed by atoms with Crippen LogP contribution in [0.4, 0.5) is 5.69 Å². The number of amides is 2. The van der Waals surface area contributed by atoms with Gasteiger partial charge in [0.25, 0.3) is 5.91 Å². The van der Waals surface area contributed by atoms with Gasteiger partial charge in [-0.2, -0.15) is 0 Å². The Bertz CT molecular complexity index is 872. The minimum Gasteiger partial charge on any atom is -0.481 e. The Balaban J connectivity index is 1.63. The first kappa shape index (κ1) is 18.4. The first-order chi connectivity index (χ1) is 12.9. The second kappa shape index (κ2) is 7.49. The summed E-state index contributed by atoms with van der Waals surface area (Å²) in [6.07, 6.45) is 1.86. The van der Waals surface area contributed by atoms with Crippen molar-refractivity contribution in [3.8, 4) is 11.5 Å². The van der Waals surface area contributed by atoms with Crippen LogP contribution in [0.25, 0.3) is 0 Å². The summed E-state index contributed by atoms with van der Waals surface area (Å²) in [7, 11) is 0. The fourth-order valence-electron chi connectivity index (χ4n) is 3.07. The zero-order valence-electron chi connectivity index (χ0n) is 14.6. The smallest absolute Gasteiger partial charge is 0.310 e. The molecule has 1 aliphatic carbocycles. The maximum atomic E-state index is 12.2. The number of hydrogen-bond donors (Lipinski definition) is 3. The number of hydrogen-bond acceptors (Lipinski definition) is 4. The maximum Gasteiger partial charge on any atom is 0.310 e. The first-order valence-corrected chi connectivity index (χ1v) is 8.60. The number of anilines is 1. The average molecular weight is 368 g/mol. The van der Waals surface area contributed by atoms with Crippen LogP contribution in [-0.4, -0.2) is 22.9 Å². The lowest BCUT2D eigenvalue weighted by Crippen LogP contribution is -2.41. The van der Waals surface area contributed by atoms with Crippen LogP contribution in [0.1, 0.15) is 36.0 Å². The summed E-state index contributed by atoms with van der Waals surface area (Å²) in [5.41, 5.74) is 5.21. The van der Waals surface area contributed by atoms with E-state index in [1.807, 2.05) is 0 Å². The molecule has 2 aromatic rings. The molecule has 0 heterocycles. The second-order valence-electron chi connectivity index (χ2n) is 6.65. The fourth-order valence-corrected chi connectivity index (χ4v) is 3.07. The zero-order chi connectivity index (χ0) is 19.4. The lowest BCUT2D eigenvalue weighted by atomic mass is 9.66. The lowest BCUT2D eigenvalue weighted by molar-refractivity contribution is -0.157. The van der Waals surface area contributed by atoms with E-state index in [0.29, 0.717) is 30.0 Å². The zero-order valence-corrected chi connectivity index (χ0v) is 14.6. The van der Waals surface area contributed by atoms with Crippen LogP contribution in [0.5, 0.6) is 11.5 Å². The molecule has 0 saturated heterocycles. The third kappa shape index (κ3) is 4.08. The normalized spacial score (nSPS) is 14.7. The van der Waals surface area contributed by atoms with Crippen LogP contribution in [0, 0.1) is 5.41 Å². The molecular formula is C20H20N2O5. The van der Waals surface area contributed by atoms with E-state index in [4.69, 9.17) is 10.5 Å². The van der Waals surface area contributed by atoms with Gasteiger partial charge in [-0.15, -0.1) is 0 Å². The van der Waals surface area contributed by atoms with Gasteiger partial charge in [0.15, 0.2) is 0 Å². The molecule has 0 bridgehead atoms. The van der Waals surface area contributed by atoms with E-state index in [2.05, 4.69) is 5.32 Å². The number of carbonyl (C=O) groups excluding carboxylic acids is 2. The van der Waals surface area contributed by atoms with Crippen LogP contribution in [-0.2, 0) is 9.59 Å². The molecule has 2 amide bonds. The minimum atomic E-state index is -0.925. The van der Waals surface area contributed by atoms with Crippen molar-refractivity contribution in [2.45, 2.75) is 25.7 Å². The number of primary amides is 1. The highest BCUT2D eigenvalue weighted by Crippen LogP contribution is 2.44. The standard InChI is InChI=1S/C20H20N2O5/c21-18(24)15-4-1-2-5-16(15)27-14-8-6-13(7-9-14)22-17(23)12-20(19(25)26)10-3-11-20/h1-2,4-9H,3,10-12H2,(H2,21,24)(H,22,23)(H,25,26). The molecule has 7 nitrogen and oxygen atoms in total. The molecule has 1 fully saturated rings. The predicted octanol–water partition coefficient (Wildman–Crippen LogP) is 3.16. The van der Waals surface area contributed by atoms with Gasteiger partial charge in [0, 0.05) is 12.1 Å². The molecule has 2 aromatic carbocycles. The third-order valence-electron chi connectivity index (χ3n) is 4.78. The molecule has 3 rings (SSSR count). The summed E-state index contributed by atoms with van der Waals surface area (Å²) in [6.45, 7) is 0. The highest BCUT2D eigenvalue weighted by molar-refractivity contribution is 5.96. The number of aliphatic carboxylic acids is 1. The van der Waals surface area contributed by atoms with Gasteiger partial charge in [-0.25, -0.2) is 0 Å². The number of nitrogens with two attached hydrogens (primary N) is 1. The van der Waals surface area contributed by atoms with Gasteiger partial charge in [0.1, 0.15) is 11.5 Å². The number of rotatable bonds is 7. The van der Waals surface area contributed by atoms with Gasteiger partial charge in [0.2, 0.25) is 5.91 Å². The molecule has 0 aromatic heterocycles. The number of para-hydroxylation sites is 1.